The van der Waals surface area contributed by atoms with Crippen molar-refractivity contribution < 1.29 is 9.59 Å². The number of ketones is 1. The van der Waals surface area contributed by atoms with Crippen molar-refractivity contribution in [3.8, 4) is 0 Å². The van der Waals surface area contributed by atoms with E-state index in [1.54, 1.807) is 0 Å². The van der Waals surface area contributed by atoms with Gasteiger partial charge in [0.25, 0.3) is 0 Å². The van der Waals surface area contributed by atoms with Crippen molar-refractivity contribution >= 4 is 12.1 Å². The van der Waals surface area contributed by atoms with E-state index in [1.165, 1.54) is 64.2 Å². The molecule has 3 nitrogen and oxygen atoms in total. The largest absolute Gasteiger partial charge is 0.321 e. The number of carbonyl (C=O) groups excluding carboxylic acids is 2. The highest BCUT2D eigenvalue weighted by molar-refractivity contribution is 5.83. The fraction of sp³-hybridized carbons (Fsp3) is 0.905. The lowest BCUT2D eigenvalue weighted by atomic mass is 9.97. The molecule has 0 aromatic rings. The van der Waals surface area contributed by atoms with Crippen LogP contribution in [0, 0.1) is 5.92 Å². The van der Waals surface area contributed by atoms with E-state index in [4.69, 9.17) is 5.73 Å². The summed E-state index contributed by atoms with van der Waals surface area (Å²) in [7, 11) is 0. The molecule has 0 aromatic carbocycles. The van der Waals surface area contributed by atoms with Crippen LogP contribution in [0.4, 0.5) is 0 Å². The Balaban J connectivity index is 3.18. The third kappa shape index (κ3) is 14.9. The number of rotatable bonds is 18. The molecular weight excluding hydrogens is 298 g/mol. The van der Waals surface area contributed by atoms with Gasteiger partial charge in [-0.15, -0.1) is 0 Å². The topological polar surface area (TPSA) is 60.2 Å². The second kappa shape index (κ2) is 17.1. The van der Waals surface area contributed by atoms with Gasteiger partial charge in [-0.05, 0) is 18.8 Å². The molecule has 0 aliphatic heterocycles. The molecule has 0 rings (SSSR count). The lowest BCUT2D eigenvalue weighted by molar-refractivity contribution is -0.121. The van der Waals surface area contributed by atoms with Crippen LogP contribution < -0.4 is 5.73 Å². The van der Waals surface area contributed by atoms with Crippen LogP contribution in [0.2, 0.25) is 0 Å². The Bertz CT molecular complexity index is 302. The van der Waals surface area contributed by atoms with E-state index in [0.29, 0.717) is 6.42 Å². The van der Waals surface area contributed by atoms with Gasteiger partial charge in [-0.25, -0.2) is 0 Å². The second-order valence-electron chi connectivity index (χ2n) is 7.54. The third-order valence-electron chi connectivity index (χ3n) is 4.84. The summed E-state index contributed by atoms with van der Waals surface area (Å²) < 4.78 is 0. The first kappa shape index (κ1) is 23.3. The van der Waals surface area contributed by atoms with Crippen LogP contribution in [0.25, 0.3) is 0 Å². The minimum atomic E-state index is -0.269. The normalized spacial score (nSPS) is 12.5. The van der Waals surface area contributed by atoms with Crippen molar-refractivity contribution in [3.63, 3.8) is 0 Å². The van der Waals surface area contributed by atoms with Crippen LogP contribution in [-0.4, -0.2) is 18.1 Å². The quantitative estimate of drug-likeness (QED) is 0.261. The Kier molecular flexibility index (Phi) is 16.6. The Morgan fingerprint density at radius 2 is 1.12 bits per heavy atom. The molecule has 0 saturated carbocycles. The number of hydrogen-bond donors (Lipinski definition) is 1. The Morgan fingerprint density at radius 3 is 1.50 bits per heavy atom. The molecule has 0 amide bonds. The average Bonchev–Trinajstić information content (AvgIpc) is 2.57. The first-order chi connectivity index (χ1) is 11.6. The van der Waals surface area contributed by atoms with Crippen LogP contribution in [0.15, 0.2) is 0 Å². The molecular formula is C21H41NO2. The zero-order valence-electron chi connectivity index (χ0n) is 16.2. The van der Waals surface area contributed by atoms with Gasteiger partial charge in [-0.3, -0.25) is 4.79 Å². The molecule has 24 heavy (non-hydrogen) atoms. The van der Waals surface area contributed by atoms with Gasteiger partial charge in [0.2, 0.25) is 0 Å². The minimum Gasteiger partial charge on any atom is -0.321 e. The van der Waals surface area contributed by atoms with Crippen molar-refractivity contribution in [1.29, 1.82) is 0 Å². The molecule has 0 saturated heterocycles. The number of nitrogens with two attached hydrogens (primary N) is 1. The summed E-state index contributed by atoms with van der Waals surface area (Å²) in [6.45, 7) is 4.02. The minimum absolute atomic E-state index is 0.233. The maximum Gasteiger partial charge on any atom is 0.149 e. The predicted octanol–water partition coefficient (Wildman–Crippen LogP) is 5.59. The smallest absolute Gasteiger partial charge is 0.149 e. The summed E-state index contributed by atoms with van der Waals surface area (Å²) in [4.78, 5) is 22.0. The standard InChI is InChI=1S/C21H41NO2/c1-19(2)21(22)20(24)17-15-13-11-9-7-5-3-4-6-8-10-12-14-16-18-23/h18-19,21H,3-17,22H2,1-2H3/t21-/m0/s1. The van der Waals surface area contributed by atoms with Crippen molar-refractivity contribution in [2.75, 3.05) is 0 Å². The molecule has 2 N–H and O–H groups in total. The van der Waals surface area contributed by atoms with Crippen molar-refractivity contribution in [3.05, 3.63) is 0 Å². The molecule has 0 aliphatic rings. The van der Waals surface area contributed by atoms with Crippen molar-refractivity contribution in [2.45, 2.75) is 116 Å². The number of aldehydes is 1. The van der Waals surface area contributed by atoms with E-state index < -0.39 is 0 Å². The first-order valence-corrected chi connectivity index (χ1v) is 10.3. The highest BCUT2D eigenvalue weighted by Gasteiger charge is 2.15. The molecule has 0 aromatic heterocycles. The van der Waals surface area contributed by atoms with Gasteiger partial charge in [-0.2, -0.15) is 0 Å². The van der Waals surface area contributed by atoms with Crippen LogP contribution >= 0.6 is 0 Å². The molecule has 0 unspecified atom stereocenters. The summed E-state index contributed by atoms with van der Waals surface area (Å²) in [5.41, 5.74) is 5.86. The van der Waals surface area contributed by atoms with E-state index in [-0.39, 0.29) is 17.7 Å². The molecule has 0 heterocycles. The highest BCUT2D eigenvalue weighted by Crippen LogP contribution is 2.14. The molecule has 1 atom stereocenters. The van der Waals surface area contributed by atoms with Gasteiger partial charge in [0, 0.05) is 12.8 Å². The van der Waals surface area contributed by atoms with Crippen molar-refractivity contribution in [2.24, 2.45) is 11.7 Å². The fourth-order valence-electron chi connectivity index (χ4n) is 3.01. The first-order valence-electron chi connectivity index (χ1n) is 10.3. The van der Waals surface area contributed by atoms with E-state index >= 15 is 0 Å². The Hall–Kier alpha value is -0.700. The highest BCUT2D eigenvalue weighted by atomic mass is 16.1. The lowest BCUT2D eigenvalue weighted by Crippen LogP contribution is -2.35. The summed E-state index contributed by atoms with van der Waals surface area (Å²) in [5, 5.41) is 0. The van der Waals surface area contributed by atoms with Crippen LogP contribution in [-0.2, 0) is 9.59 Å². The maximum absolute atomic E-state index is 11.8. The zero-order valence-corrected chi connectivity index (χ0v) is 16.2. The van der Waals surface area contributed by atoms with E-state index in [2.05, 4.69) is 0 Å². The molecule has 0 spiro atoms. The zero-order chi connectivity index (χ0) is 18.0. The average molecular weight is 340 g/mol. The molecule has 0 radical (unpaired) electrons. The van der Waals surface area contributed by atoms with E-state index in [0.717, 1.165) is 32.0 Å². The summed E-state index contributed by atoms with van der Waals surface area (Å²) in [6.07, 6.45) is 18.8. The lowest BCUT2D eigenvalue weighted by Gasteiger charge is -2.13. The molecule has 0 aliphatic carbocycles. The summed E-state index contributed by atoms with van der Waals surface area (Å²) in [5.74, 6) is 0.491. The Morgan fingerprint density at radius 1 is 0.750 bits per heavy atom. The monoisotopic (exact) mass is 339 g/mol. The summed E-state index contributed by atoms with van der Waals surface area (Å²) in [6, 6.07) is -0.269. The second-order valence-corrected chi connectivity index (χ2v) is 7.54. The van der Waals surface area contributed by atoms with E-state index in [1.807, 2.05) is 13.8 Å². The number of carbonyl (C=O) groups is 2. The van der Waals surface area contributed by atoms with Gasteiger partial charge in [0.15, 0.2) is 0 Å². The van der Waals surface area contributed by atoms with Gasteiger partial charge in [0.1, 0.15) is 12.1 Å². The third-order valence-corrected chi connectivity index (χ3v) is 4.84. The molecule has 3 heteroatoms. The fourth-order valence-corrected chi connectivity index (χ4v) is 3.01. The SMILES string of the molecule is CC(C)[C@H](N)C(=O)CCCCCCCCCCCCCCCC=O. The summed E-state index contributed by atoms with van der Waals surface area (Å²) >= 11 is 0. The van der Waals surface area contributed by atoms with Gasteiger partial charge < -0.3 is 10.5 Å². The van der Waals surface area contributed by atoms with Crippen molar-refractivity contribution in [1.82, 2.24) is 0 Å². The van der Waals surface area contributed by atoms with Crippen LogP contribution in [0.5, 0.6) is 0 Å². The maximum atomic E-state index is 11.8. The van der Waals surface area contributed by atoms with Crippen LogP contribution in [0.1, 0.15) is 110 Å². The molecule has 0 fully saturated rings. The van der Waals surface area contributed by atoms with Crippen LogP contribution in [0.3, 0.4) is 0 Å². The van der Waals surface area contributed by atoms with Gasteiger partial charge >= 0.3 is 0 Å². The number of unbranched alkanes of at least 4 members (excludes halogenated alkanes) is 13. The van der Waals surface area contributed by atoms with E-state index in [9.17, 15) is 9.59 Å². The molecule has 0 bridgehead atoms. The molecule has 142 valence electrons. The Labute approximate surface area is 150 Å². The number of Topliss-reactive ketones (excluding diaryl/α,β-unsaturated/α-hetero) is 1. The number of hydrogen-bond acceptors (Lipinski definition) is 3. The van der Waals surface area contributed by atoms with Gasteiger partial charge in [-0.1, -0.05) is 84.5 Å². The predicted molar refractivity (Wildman–Crippen MR) is 103 cm³/mol. The van der Waals surface area contributed by atoms with Gasteiger partial charge in [0.05, 0.1) is 6.04 Å².